The Labute approximate surface area is 112 Å². The summed E-state index contributed by atoms with van der Waals surface area (Å²) in [5.74, 6) is -1.19. The molecule has 19 heavy (non-hydrogen) atoms. The summed E-state index contributed by atoms with van der Waals surface area (Å²) in [5.41, 5.74) is 0.367. The third kappa shape index (κ3) is 3.46. The third-order valence-corrected chi connectivity index (χ3v) is 3.74. The van der Waals surface area contributed by atoms with E-state index in [1.54, 1.807) is 0 Å². The highest BCUT2D eigenvalue weighted by atomic mass is 19.1. The van der Waals surface area contributed by atoms with Crippen molar-refractivity contribution < 1.29 is 14.3 Å². The van der Waals surface area contributed by atoms with Crippen LogP contribution in [0.2, 0.25) is 0 Å². The molecule has 2 N–H and O–H groups in total. The Morgan fingerprint density at radius 3 is 2.84 bits per heavy atom. The molecule has 0 aliphatic heterocycles. The monoisotopic (exact) mass is 265 g/mol. The van der Waals surface area contributed by atoms with Gasteiger partial charge in [-0.15, -0.1) is 0 Å². The van der Waals surface area contributed by atoms with Crippen LogP contribution in [0, 0.1) is 11.2 Å². The predicted octanol–water partition coefficient (Wildman–Crippen LogP) is 3.23. The van der Waals surface area contributed by atoms with E-state index < -0.39 is 5.82 Å². The van der Waals surface area contributed by atoms with Crippen molar-refractivity contribution in [2.45, 2.75) is 45.6 Å². The molecule has 1 aromatic rings. The molecule has 1 amide bonds. The second-order valence-corrected chi connectivity index (χ2v) is 6.09. The van der Waals surface area contributed by atoms with Crippen molar-refractivity contribution in [2.24, 2.45) is 5.41 Å². The average Bonchev–Trinajstić information content (AvgIpc) is 2.27. The van der Waals surface area contributed by atoms with Crippen molar-refractivity contribution in [3.05, 3.63) is 29.6 Å². The molecule has 0 spiro atoms. The van der Waals surface area contributed by atoms with E-state index in [2.05, 4.69) is 19.2 Å². The fourth-order valence-corrected chi connectivity index (χ4v) is 2.78. The zero-order valence-electron chi connectivity index (χ0n) is 11.4. The molecule has 1 fully saturated rings. The second kappa shape index (κ2) is 5.19. The lowest BCUT2D eigenvalue weighted by molar-refractivity contribution is 0.0900. The molecule has 0 bridgehead atoms. The van der Waals surface area contributed by atoms with E-state index in [0.717, 1.165) is 25.3 Å². The molecule has 0 heterocycles. The predicted molar refractivity (Wildman–Crippen MR) is 71.6 cm³/mol. The quantitative estimate of drug-likeness (QED) is 0.862. The molecule has 1 atom stereocenters. The van der Waals surface area contributed by atoms with Gasteiger partial charge in [0.2, 0.25) is 0 Å². The first-order valence-corrected chi connectivity index (χ1v) is 6.67. The van der Waals surface area contributed by atoms with Gasteiger partial charge in [0.15, 0.2) is 0 Å². The van der Waals surface area contributed by atoms with E-state index >= 15 is 0 Å². The molecule has 3 nitrogen and oxygen atoms in total. The molecule has 0 radical (unpaired) electrons. The van der Waals surface area contributed by atoms with Crippen LogP contribution in [0.3, 0.4) is 0 Å². The zero-order valence-corrected chi connectivity index (χ0v) is 11.4. The summed E-state index contributed by atoms with van der Waals surface area (Å²) in [4.78, 5) is 12.1. The third-order valence-electron chi connectivity index (χ3n) is 3.74. The molecular formula is C15H20FNO2. The molecule has 104 valence electrons. The smallest absolute Gasteiger partial charge is 0.255 e. The number of hydrogen-bond donors (Lipinski definition) is 2. The van der Waals surface area contributed by atoms with Crippen LogP contribution in [0.4, 0.5) is 4.39 Å². The molecule has 2 rings (SSSR count). The Kier molecular flexibility index (Phi) is 3.78. The number of hydrogen-bond acceptors (Lipinski definition) is 2. The number of carbonyl (C=O) groups excluding carboxylic acids is 1. The molecular weight excluding hydrogens is 245 g/mol. The summed E-state index contributed by atoms with van der Waals surface area (Å²) in [6, 6.07) is 3.58. The molecule has 1 unspecified atom stereocenters. The maximum absolute atomic E-state index is 12.9. The number of carbonyl (C=O) groups is 1. The normalized spacial score (nSPS) is 21.9. The van der Waals surface area contributed by atoms with Gasteiger partial charge in [-0.2, -0.15) is 0 Å². The van der Waals surface area contributed by atoms with Gasteiger partial charge in [0.05, 0.1) is 5.56 Å². The summed E-state index contributed by atoms with van der Waals surface area (Å²) >= 11 is 0. The minimum atomic E-state index is -0.548. The Bertz CT molecular complexity index is 485. The molecule has 0 saturated heterocycles. The number of benzene rings is 1. The molecule has 1 aromatic carbocycles. The van der Waals surface area contributed by atoms with Crippen molar-refractivity contribution in [3.8, 4) is 5.75 Å². The van der Waals surface area contributed by atoms with Gasteiger partial charge in [-0.1, -0.05) is 20.3 Å². The van der Waals surface area contributed by atoms with E-state index in [0.29, 0.717) is 0 Å². The van der Waals surface area contributed by atoms with E-state index in [-0.39, 0.29) is 28.7 Å². The van der Waals surface area contributed by atoms with Crippen LogP contribution in [0.15, 0.2) is 18.2 Å². The first-order valence-electron chi connectivity index (χ1n) is 6.67. The van der Waals surface area contributed by atoms with Crippen molar-refractivity contribution in [1.29, 1.82) is 0 Å². The van der Waals surface area contributed by atoms with Crippen molar-refractivity contribution in [2.75, 3.05) is 0 Å². The topological polar surface area (TPSA) is 49.3 Å². The highest BCUT2D eigenvalue weighted by Crippen LogP contribution is 2.35. The van der Waals surface area contributed by atoms with Gasteiger partial charge in [-0.05, 0) is 36.8 Å². The first kappa shape index (κ1) is 13.8. The van der Waals surface area contributed by atoms with Gasteiger partial charge in [0, 0.05) is 12.1 Å². The summed E-state index contributed by atoms with van der Waals surface area (Å²) < 4.78 is 12.9. The van der Waals surface area contributed by atoms with Gasteiger partial charge in [-0.3, -0.25) is 4.79 Å². The van der Waals surface area contributed by atoms with Crippen LogP contribution in [-0.4, -0.2) is 17.1 Å². The Hall–Kier alpha value is -1.58. The fourth-order valence-electron chi connectivity index (χ4n) is 2.78. The van der Waals surface area contributed by atoms with Gasteiger partial charge >= 0.3 is 0 Å². The molecule has 0 aromatic heterocycles. The Morgan fingerprint density at radius 2 is 2.21 bits per heavy atom. The van der Waals surface area contributed by atoms with Gasteiger partial charge in [-0.25, -0.2) is 4.39 Å². The fraction of sp³-hybridized carbons (Fsp3) is 0.533. The lowest BCUT2D eigenvalue weighted by Crippen LogP contribution is -2.40. The highest BCUT2D eigenvalue weighted by Gasteiger charge is 2.29. The number of aromatic hydroxyl groups is 1. The number of nitrogens with one attached hydrogen (secondary N) is 1. The van der Waals surface area contributed by atoms with Crippen LogP contribution < -0.4 is 5.32 Å². The molecule has 1 aliphatic carbocycles. The second-order valence-electron chi connectivity index (χ2n) is 6.09. The zero-order chi connectivity index (χ0) is 14.0. The van der Waals surface area contributed by atoms with Crippen LogP contribution >= 0.6 is 0 Å². The summed E-state index contributed by atoms with van der Waals surface area (Å²) in [7, 11) is 0. The van der Waals surface area contributed by atoms with Gasteiger partial charge in [0.1, 0.15) is 11.6 Å². The summed E-state index contributed by atoms with van der Waals surface area (Å²) in [5, 5.41) is 12.5. The first-order chi connectivity index (χ1) is 8.87. The standard InChI is InChI=1S/C15H20FNO2/c1-15(2)7-3-4-11(9-15)17-14(19)12-6-5-10(16)8-13(12)18/h5-6,8,11,18H,3-4,7,9H2,1-2H3,(H,17,19). The van der Waals surface area contributed by atoms with E-state index in [1.165, 1.54) is 18.6 Å². The van der Waals surface area contributed by atoms with Crippen molar-refractivity contribution in [3.63, 3.8) is 0 Å². The minimum absolute atomic E-state index is 0.126. The number of phenolic OH excluding ortho intramolecular Hbond substituents is 1. The van der Waals surface area contributed by atoms with Crippen LogP contribution in [-0.2, 0) is 0 Å². The van der Waals surface area contributed by atoms with Crippen LogP contribution in [0.25, 0.3) is 0 Å². The molecule has 1 saturated carbocycles. The number of halogens is 1. The summed E-state index contributed by atoms with van der Waals surface area (Å²) in [6.07, 6.45) is 4.15. The van der Waals surface area contributed by atoms with Crippen molar-refractivity contribution in [1.82, 2.24) is 5.32 Å². The van der Waals surface area contributed by atoms with Crippen molar-refractivity contribution >= 4 is 5.91 Å². The SMILES string of the molecule is CC1(C)CCCC(NC(=O)c2ccc(F)cc2O)C1. The summed E-state index contributed by atoms with van der Waals surface area (Å²) in [6.45, 7) is 4.39. The number of amides is 1. The molecule has 4 heteroatoms. The maximum Gasteiger partial charge on any atom is 0.255 e. The lowest BCUT2D eigenvalue weighted by Gasteiger charge is -2.35. The van der Waals surface area contributed by atoms with Gasteiger partial charge in [0.25, 0.3) is 5.91 Å². The largest absolute Gasteiger partial charge is 0.507 e. The highest BCUT2D eigenvalue weighted by molar-refractivity contribution is 5.96. The van der Waals surface area contributed by atoms with E-state index in [4.69, 9.17) is 0 Å². The van der Waals surface area contributed by atoms with E-state index in [1.807, 2.05) is 0 Å². The van der Waals surface area contributed by atoms with Crippen LogP contribution in [0.1, 0.15) is 49.9 Å². The maximum atomic E-state index is 12.9. The lowest BCUT2D eigenvalue weighted by atomic mass is 9.75. The van der Waals surface area contributed by atoms with Crippen LogP contribution in [0.5, 0.6) is 5.75 Å². The minimum Gasteiger partial charge on any atom is -0.507 e. The number of rotatable bonds is 2. The van der Waals surface area contributed by atoms with Gasteiger partial charge < -0.3 is 10.4 Å². The number of phenols is 1. The average molecular weight is 265 g/mol. The Balaban J connectivity index is 2.04. The Morgan fingerprint density at radius 1 is 1.47 bits per heavy atom. The molecule has 1 aliphatic rings. The van der Waals surface area contributed by atoms with E-state index in [9.17, 15) is 14.3 Å².